The number of fused-ring (bicyclic) bond motifs is 5. The first-order valence-corrected chi connectivity index (χ1v) is 17.9. The van der Waals surface area contributed by atoms with Crippen LogP contribution in [0.1, 0.15) is 0 Å². The highest BCUT2D eigenvalue weighted by Gasteiger charge is 2.18. The third kappa shape index (κ3) is 5.04. The standard InChI is InChI=1S/C50H34N2/c1-2-17-40(18-3-1)52-49-23-11-10-22-46(49)47-34-39(28-32-50(47)52)44-20-9-8-19-43(44)37-26-29-41(30-27-37)51(42-31-25-35-13-4-5-15-38(35)33-42)48-24-12-16-36-14-6-7-21-45(36)48/h1-34H. The first kappa shape index (κ1) is 30.0. The van der Waals surface area contributed by atoms with E-state index in [1.807, 2.05) is 0 Å². The number of nitrogens with zero attached hydrogens (tertiary/aromatic N) is 2. The number of benzene rings is 9. The van der Waals surface area contributed by atoms with Crippen molar-refractivity contribution in [3.8, 4) is 27.9 Å². The van der Waals surface area contributed by atoms with Crippen LogP contribution in [0.2, 0.25) is 0 Å². The van der Waals surface area contributed by atoms with Gasteiger partial charge in [-0.05, 0) is 99.1 Å². The first-order valence-electron chi connectivity index (χ1n) is 17.9. The predicted octanol–water partition coefficient (Wildman–Crippen LogP) is 13.9. The summed E-state index contributed by atoms with van der Waals surface area (Å²) < 4.78 is 2.37. The first-order chi connectivity index (χ1) is 25.8. The number of aromatic nitrogens is 1. The van der Waals surface area contributed by atoms with Crippen LogP contribution in [0.5, 0.6) is 0 Å². The number of hydrogen-bond acceptors (Lipinski definition) is 1. The van der Waals surface area contributed by atoms with Gasteiger partial charge < -0.3 is 9.47 Å². The van der Waals surface area contributed by atoms with Gasteiger partial charge in [-0.25, -0.2) is 0 Å². The molecule has 0 atom stereocenters. The smallest absolute Gasteiger partial charge is 0.0541 e. The maximum atomic E-state index is 2.39. The van der Waals surface area contributed by atoms with Crippen molar-refractivity contribution in [1.29, 1.82) is 0 Å². The van der Waals surface area contributed by atoms with E-state index in [2.05, 4.69) is 216 Å². The highest BCUT2D eigenvalue weighted by Crippen LogP contribution is 2.42. The molecule has 0 fully saturated rings. The lowest BCUT2D eigenvalue weighted by molar-refractivity contribution is 1.18. The summed E-state index contributed by atoms with van der Waals surface area (Å²) in [5.41, 5.74) is 11.8. The highest BCUT2D eigenvalue weighted by atomic mass is 15.1. The Labute approximate surface area is 303 Å². The minimum Gasteiger partial charge on any atom is -0.310 e. The van der Waals surface area contributed by atoms with Crippen LogP contribution in [0.4, 0.5) is 17.1 Å². The van der Waals surface area contributed by atoms with Crippen LogP contribution in [-0.4, -0.2) is 4.57 Å². The number of para-hydroxylation sites is 2. The minimum absolute atomic E-state index is 1.11. The summed E-state index contributed by atoms with van der Waals surface area (Å²) in [4.78, 5) is 2.39. The van der Waals surface area contributed by atoms with Crippen LogP contribution in [0, 0.1) is 0 Å². The lowest BCUT2D eigenvalue weighted by Crippen LogP contribution is -2.10. The van der Waals surface area contributed by atoms with Gasteiger partial charge in [0.2, 0.25) is 0 Å². The Hall–Kier alpha value is -6.90. The second-order valence-corrected chi connectivity index (χ2v) is 13.4. The van der Waals surface area contributed by atoms with E-state index in [0.717, 1.165) is 17.1 Å². The number of rotatable bonds is 6. The molecule has 1 heterocycles. The van der Waals surface area contributed by atoms with Gasteiger partial charge >= 0.3 is 0 Å². The Bertz CT molecular complexity index is 2900. The summed E-state index contributed by atoms with van der Waals surface area (Å²) in [6.07, 6.45) is 0. The topological polar surface area (TPSA) is 8.17 Å². The van der Waals surface area contributed by atoms with Gasteiger partial charge in [0, 0.05) is 33.2 Å². The summed E-state index contributed by atoms with van der Waals surface area (Å²) in [6, 6.07) is 74.7. The molecule has 0 saturated heterocycles. The zero-order chi connectivity index (χ0) is 34.4. The molecule has 0 unspecified atom stereocenters. The summed E-state index contributed by atoms with van der Waals surface area (Å²) >= 11 is 0. The summed E-state index contributed by atoms with van der Waals surface area (Å²) in [7, 11) is 0. The van der Waals surface area contributed by atoms with E-state index in [4.69, 9.17) is 0 Å². The fraction of sp³-hybridized carbons (Fsp3) is 0. The summed E-state index contributed by atoms with van der Waals surface area (Å²) in [5.74, 6) is 0. The van der Waals surface area contributed by atoms with Crippen molar-refractivity contribution < 1.29 is 0 Å². The lowest BCUT2D eigenvalue weighted by atomic mass is 9.93. The van der Waals surface area contributed by atoms with Gasteiger partial charge in [-0.2, -0.15) is 0 Å². The van der Waals surface area contributed by atoms with E-state index in [1.165, 1.54) is 71.3 Å². The van der Waals surface area contributed by atoms with Crippen molar-refractivity contribution in [1.82, 2.24) is 4.57 Å². The van der Waals surface area contributed by atoms with Crippen LogP contribution in [0.15, 0.2) is 206 Å². The molecule has 0 saturated carbocycles. The van der Waals surface area contributed by atoms with Gasteiger partial charge in [-0.3, -0.25) is 0 Å². The predicted molar refractivity (Wildman–Crippen MR) is 221 cm³/mol. The lowest BCUT2D eigenvalue weighted by Gasteiger charge is -2.27. The summed E-state index contributed by atoms with van der Waals surface area (Å²) in [6.45, 7) is 0. The Morgan fingerprint density at radius 3 is 1.75 bits per heavy atom. The van der Waals surface area contributed by atoms with Gasteiger partial charge in [-0.15, -0.1) is 0 Å². The zero-order valence-electron chi connectivity index (χ0n) is 28.5. The van der Waals surface area contributed by atoms with Crippen LogP contribution >= 0.6 is 0 Å². The molecule has 52 heavy (non-hydrogen) atoms. The fourth-order valence-corrected chi connectivity index (χ4v) is 7.92. The van der Waals surface area contributed by atoms with E-state index in [0.29, 0.717) is 0 Å². The normalized spacial score (nSPS) is 11.5. The zero-order valence-corrected chi connectivity index (χ0v) is 28.5. The van der Waals surface area contributed by atoms with E-state index in [9.17, 15) is 0 Å². The molecule has 0 N–H and O–H groups in total. The molecule has 1 aromatic heterocycles. The fourth-order valence-electron chi connectivity index (χ4n) is 7.92. The monoisotopic (exact) mass is 662 g/mol. The second kappa shape index (κ2) is 12.5. The van der Waals surface area contributed by atoms with Crippen molar-refractivity contribution in [3.05, 3.63) is 206 Å². The number of hydrogen-bond donors (Lipinski definition) is 0. The Morgan fingerprint density at radius 1 is 0.327 bits per heavy atom. The molecule has 10 aromatic rings. The molecular formula is C50H34N2. The van der Waals surface area contributed by atoms with Gasteiger partial charge in [0.15, 0.2) is 0 Å². The Morgan fingerprint density at radius 2 is 0.923 bits per heavy atom. The van der Waals surface area contributed by atoms with E-state index in [1.54, 1.807) is 0 Å². The van der Waals surface area contributed by atoms with Crippen molar-refractivity contribution in [2.75, 3.05) is 4.90 Å². The molecule has 9 aromatic carbocycles. The highest BCUT2D eigenvalue weighted by molar-refractivity contribution is 6.11. The molecule has 0 aliphatic rings. The summed E-state index contributed by atoms with van der Waals surface area (Å²) in [5, 5.41) is 7.41. The van der Waals surface area contributed by atoms with Crippen molar-refractivity contribution in [3.63, 3.8) is 0 Å². The molecule has 2 heteroatoms. The number of anilines is 3. The van der Waals surface area contributed by atoms with Gasteiger partial charge in [0.05, 0.1) is 16.7 Å². The Balaban J connectivity index is 1.09. The minimum atomic E-state index is 1.11. The Kier molecular flexibility index (Phi) is 7.18. The largest absolute Gasteiger partial charge is 0.310 e. The van der Waals surface area contributed by atoms with E-state index in [-0.39, 0.29) is 0 Å². The molecular weight excluding hydrogens is 629 g/mol. The third-order valence-electron chi connectivity index (χ3n) is 10.4. The van der Waals surface area contributed by atoms with Gasteiger partial charge in [0.1, 0.15) is 0 Å². The quantitative estimate of drug-likeness (QED) is 0.172. The molecule has 0 spiro atoms. The van der Waals surface area contributed by atoms with Crippen LogP contribution in [0.25, 0.3) is 71.3 Å². The molecule has 244 valence electrons. The van der Waals surface area contributed by atoms with Crippen LogP contribution in [0.3, 0.4) is 0 Å². The molecule has 2 nitrogen and oxygen atoms in total. The molecule has 10 rings (SSSR count). The van der Waals surface area contributed by atoms with Crippen molar-refractivity contribution >= 4 is 60.4 Å². The van der Waals surface area contributed by atoms with Crippen LogP contribution < -0.4 is 4.90 Å². The maximum absolute atomic E-state index is 2.39. The van der Waals surface area contributed by atoms with Crippen molar-refractivity contribution in [2.45, 2.75) is 0 Å². The molecule has 0 amide bonds. The second-order valence-electron chi connectivity index (χ2n) is 13.4. The average molecular weight is 663 g/mol. The van der Waals surface area contributed by atoms with E-state index >= 15 is 0 Å². The molecule has 0 radical (unpaired) electrons. The maximum Gasteiger partial charge on any atom is 0.0541 e. The van der Waals surface area contributed by atoms with Crippen LogP contribution in [-0.2, 0) is 0 Å². The van der Waals surface area contributed by atoms with Gasteiger partial charge in [-0.1, -0.05) is 146 Å². The van der Waals surface area contributed by atoms with E-state index < -0.39 is 0 Å². The third-order valence-corrected chi connectivity index (χ3v) is 10.4. The SMILES string of the molecule is c1ccc(-n2c3ccccc3c3cc(-c4ccccc4-c4ccc(N(c5ccc6ccccc6c5)c5cccc6ccccc56)cc4)ccc32)cc1. The molecule has 0 aliphatic carbocycles. The molecule has 0 bridgehead atoms. The average Bonchev–Trinajstić information content (AvgIpc) is 3.55. The van der Waals surface area contributed by atoms with Crippen molar-refractivity contribution in [2.24, 2.45) is 0 Å². The van der Waals surface area contributed by atoms with Gasteiger partial charge in [0.25, 0.3) is 0 Å². The molecule has 0 aliphatic heterocycles.